The fraction of sp³-hybridized carbons (Fsp3) is 0.107. The van der Waals surface area contributed by atoms with Crippen LogP contribution in [0.2, 0.25) is 0 Å². The van der Waals surface area contributed by atoms with Crippen molar-refractivity contribution < 1.29 is 28.2 Å². The Morgan fingerprint density at radius 1 is 0.895 bits per heavy atom. The molecule has 3 aromatic carbocycles. The highest BCUT2D eigenvalue weighted by Crippen LogP contribution is 2.36. The van der Waals surface area contributed by atoms with Crippen LogP contribution in [0.3, 0.4) is 0 Å². The average Bonchev–Trinajstić information content (AvgIpc) is 3.36. The lowest BCUT2D eigenvalue weighted by molar-refractivity contribution is -0.119. The SMILES string of the molecule is CCOC(=O)c1cc(-c2ccccc2)sc1NC(=O)COC(=O)c1cccc(NSc2ccc(F)cc2)c1. The lowest BCUT2D eigenvalue weighted by Crippen LogP contribution is -2.21. The maximum atomic E-state index is 13.1. The molecule has 0 bridgehead atoms. The van der Waals surface area contributed by atoms with Crippen LogP contribution in [0, 0.1) is 5.82 Å². The van der Waals surface area contributed by atoms with Crippen LogP contribution in [0.1, 0.15) is 27.6 Å². The molecule has 0 saturated carbocycles. The Kier molecular flexibility index (Phi) is 9.12. The van der Waals surface area contributed by atoms with Crippen LogP contribution in [-0.2, 0) is 14.3 Å². The van der Waals surface area contributed by atoms with Crippen molar-refractivity contribution in [2.45, 2.75) is 11.8 Å². The molecule has 1 aromatic heterocycles. The molecule has 0 aliphatic rings. The van der Waals surface area contributed by atoms with Gasteiger partial charge in [0.15, 0.2) is 6.61 Å². The summed E-state index contributed by atoms with van der Waals surface area (Å²) in [6, 6.07) is 23.7. The molecule has 0 atom stereocenters. The van der Waals surface area contributed by atoms with Crippen molar-refractivity contribution in [2.75, 3.05) is 23.3 Å². The topological polar surface area (TPSA) is 93.7 Å². The van der Waals surface area contributed by atoms with Gasteiger partial charge in [-0.25, -0.2) is 14.0 Å². The third-order valence-corrected chi connectivity index (χ3v) is 7.02. The zero-order valence-corrected chi connectivity index (χ0v) is 21.9. The molecule has 0 aliphatic heterocycles. The van der Waals surface area contributed by atoms with Gasteiger partial charge in [-0.3, -0.25) is 4.79 Å². The molecule has 0 saturated heterocycles. The number of hydrogen-bond acceptors (Lipinski definition) is 8. The van der Waals surface area contributed by atoms with Crippen molar-refractivity contribution in [3.63, 3.8) is 0 Å². The van der Waals surface area contributed by atoms with Crippen molar-refractivity contribution in [2.24, 2.45) is 0 Å². The third-order valence-electron chi connectivity index (χ3n) is 5.07. The van der Waals surface area contributed by atoms with Gasteiger partial charge in [0.05, 0.1) is 17.7 Å². The van der Waals surface area contributed by atoms with Crippen LogP contribution in [-0.4, -0.2) is 31.1 Å². The van der Waals surface area contributed by atoms with E-state index in [2.05, 4.69) is 10.0 Å². The maximum absolute atomic E-state index is 13.1. The Morgan fingerprint density at radius 2 is 1.66 bits per heavy atom. The molecule has 2 N–H and O–H groups in total. The fourth-order valence-electron chi connectivity index (χ4n) is 3.30. The first-order chi connectivity index (χ1) is 18.4. The van der Waals surface area contributed by atoms with E-state index in [9.17, 15) is 18.8 Å². The first-order valence-corrected chi connectivity index (χ1v) is 13.2. The summed E-state index contributed by atoms with van der Waals surface area (Å²) in [6.45, 7) is 1.35. The number of nitrogens with one attached hydrogen (secondary N) is 2. The molecular formula is C28H23FN2O5S2. The Labute approximate surface area is 227 Å². The minimum atomic E-state index is -0.683. The number of carbonyl (C=O) groups is 3. The standard InChI is InChI=1S/C28H23FN2O5S2/c1-2-35-28(34)23-16-24(18-7-4-3-5-8-18)37-26(23)30-25(32)17-36-27(33)19-9-6-10-21(15-19)31-38-22-13-11-20(29)12-14-22/h3-16,31H,2,17H2,1H3,(H,30,32). The molecule has 0 spiro atoms. The number of anilines is 2. The summed E-state index contributed by atoms with van der Waals surface area (Å²) in [7, 11) is 0. The van der Waals surface area contributed by atoms with E-state index in [1.807, 2.05) is 30.3 Å². The lowest BCUT2D eigenvalue weighted by atomic mass is 10.1. The van der Waals surface area contributed by atoms with E-state index in [0.717, 1.165) is 15.3 Å². The molecule has 1 heterocycles. The van der Waals surface area contributed by atoms with Gasteiger partial charge in [-0.2, -0.15) is 0 Å². The van der Waals surface area contributed by atoms with Gasteiger partial charge in [-0.15, -0.1) is 11.3 Å². The van der Waals surface area contributed by atoms with E-state index >= 15 is 0 Å². The second kappa shape index (κ2) is 12.9. The molecule has 0 unspecified atom stereocenters. The van der Waals surface area contributed by atoms with Crippen LogP contribution >= 0.6 is 23.3 Å². The predicted octanol–water partition coefficient (Wildman–Crippen LogP) is 6.65. The number of amides is 1. The normalized spacial score (nSPS) is 10.5. The highest BCUT2D eigenvalue weighted by Gasteiger charge is 2.20. The zero-order valence-electron chi connectivity index (χ0n) is 20.2. The quantitative estimate of drug-likeness (QED) is 0.169. The summed E-state index contributed by atoms with van der Waals surface area (Å²) in [5, 5.41) is 2.97. The van der Waals surface area contributed by atoms with Gasteiger partial charge in [0.2, 0.25) is 0 Å². The number of benzene rings is 3. The van der Waals surface area contributed by atoms with Crippen LogP contribution in [0.25, 0.3) is 10.4 Å². The van der Waals surface area contributed by atoms with E-state index < -0.39 is 24.5 Å². The summed E-state index contributed by atoms with van der Waals surface area (Å²) in [5.41, 5.74) is 2.00. The second-order valence-electron chi connectivity index (χ2n) is 7.80. The van der Waals surface area contributed by atoms with Crippen molar-refractivity contribution in [1.29, 1.82) is 0 Å². The van der Waals surface area contributed by atoms with Crippen molar-refractivity contribution in [3.8, 4) is 10.4 Å². The Morgan fingerprint density at radius 3 is 2.39 bits per heavy atom. The van der Waals surface area contributed by atoms with Gasteiger partial charge in [0.1, 0.15) is 10.8 Å². The molecular weight excluding hydrogens is 527 g/mol. The van der Waals surface area contributed by atoms with Gasteiger partial charge < -0.3 is 19.5 Å². The van der Waals surface area contributed by atoms with E-state index in [1.54, 1.807) is 49.4 Å². The van der Waals surface area contributed by atoms with Gasteiger partial charge >= 0.3 is 11.9 Å². The average molecular weight is 551 g/mol. The summed E-state index contributed by atoms with van der Waals surface area (Å²) in [4.78, 5) is 39.2. The first-order valence-electron chi connectivity index (χ1n) is 11.5. The van der Waals surface area contributed by atoms with E-state index in [1.165, 1.54) is 35.4 Å². The smallest absolute Gasteiger partial charge is 0.341 e. The second-order valence-corrected chi connectivity index (χ2v) is 9.73. The molecule has 4 rings (SSSR count). The number of carbonyl (C=O) groups excluding carboxylic acids is 3. The molecule has 0 fully saturated rings. The highest BCUT2D eigenvalue weighted by atomic mass is 32.2. The summed E-state index contributed by atoms with van der Waals surface area (Å²) < 4.78 is 26.5. The molecule has 10 heteroatoms. The minimum Gasteiger partial charge on any atom is -0.462 e. The molecule has 1 amide bonds. The molecule has 4 aromatic rings. The number of halogens is 1. The maximum Gasteiger partial charge on any atom is 0.341 e. The van der Waals surface area contributed by atoms with Gasteiger partial charge in [0.25, 0.3) is 5.91 Å². The molecule has 0 aliphatic carbocycles. The molecule has 0 radical (unpaired) electrons. The van der Waals surface area contributed by atoms with Crippen molar-refractivity contribution in [1.82, 2.24) is 0 Å². The molecule has 7 nitrogen and oxygen atoms in total. The zero-order chi connectivity index (χ0) is 26.9. The van der Waals surface area contributed by atoms with Crippen molar-refractivity contribution in [3.05, 3.63) is 102 Å². The molecule has 38 heavy (non-hydrogen) atoms. The first kappa shape index (κ1) is 26.9. The van der Waals surface area contributed by atoms with Gasteiger partial charge in [0, 0.05) is 15.5 Å². The summed E-state index contributed by atoms with van der Waals surface area (Å²) in [6.07, 6.45) is 0. The van der Waals surface area contributed by atoms with E-state index in [4.69, 9.17) is 9.47 Å². The largest absolute Gasteiger partial charge is 0.462 e. The molecule has 194 valence electrons. The van der Waals surface area contributed by atoms with E-state index in [-0.39, 0.29) is 23.6 Å². The Bertz CT molecular complexity index is 1420. The number of thiophene rings is 1. The summed E-state index contributed by atoms with van der Waals surface area (Å²) >= 11 is 2.49. The summed E-state index contributed by atoms with van der Waals surface area (Å²) in [5.74, 6) is -2.15. The number of esters is 2. The Balaban J connectivity index is 1.37. The highest BCUT2D eigenvalue weighted by molar-refractivity contribution is 8.00. The minimum absolute atomic E-state index is 0.191. The van der Waals surface area contributed by atoms with Crippen LogP contribution < -0.4 is 10.0 Å². The van der Waals surface area contributed by atoms with E-state index in [0.29, 0.717) is 10.7 Å². The predicted molar refractivity (Wildman–Crippen MR) is 147 cm³/mol. The Hall–Kier alpha value is -4.15. The van der Waals surface area contributed by atoms with Crippen molar-refractivity contribution >= 4 is 51.8 Å². The number of rotatable bonds is 10. The number of hydrogen-bond donors (Lipinski definition) is 2. The lowest BCUT2D eigenvalue weighted by Gasteiger charge is -2.09. The van der Waals surface area contributed by atoms with Crippen LogP contribution in [0.15, 0.2) is 89.8 Å². The number of ether oxygens (including phenoxy) is 2. The van der Waals surface area contributed by atoms with Gasteiger partial charge in [-0.1, -0.05) is 36.4 Å². The fourth-order valence-corrected chi connectivity index (χ4v) is 5.00. The van der Waals surface area contributed by atoms with Gasteiger partial charge in [-0.05, 0) is 73.0 Å². The monoisotopic (exact) mass is 550 g/mol. The van der Waals surface area contributed by atoms with Crippen LogP contribution in [0.4, 0.5) is 15.1 Å². The van der Waals surface area contributed by atoms with Crippen LogP contribution in [0.5, 0.6) is 0 Å². The third kappa shape index (κ3) is 7.21.